The maximum atomic E-state index is 6.30. The van der Waals surface area contributed by atoms with Crippen LogP contribution in [0.2, 0.25) is 5.02 Å². The zero-order valence-electron chi connectivity index (χ0n) is 16.7. The van der Waals surface area contributed by atoms with Crippen LogP contribution in [0.3, 0.4) is 0 Å². The van der Waals surface area contributed by atoms with Crippen LogP contribution in [0.4, 0.5) is 0 Å². The van der Waals surface area contributed by atoms with Gasteiger partial charge in [-0.3, -0.25) is 4.99 Å². The lowest BCUT2D eigenvalue weighted by atomic mass is 10.1. The number of hydrogen-bond donors (Lipinski definition) is 2. The van der Waals surface area contributed by atoms with Crippen LogP contribution in [0, 0.1) is 0 Å². The minimum atomic E-state index is 0.703. The fourth-order valence-corrected chi connectivity index (χ4v) is 3.20. The fourth-order valence-electron chi connectivity index (χ4n) is 2.93. The fraction of sp³-hybridized carbons (Fsp3) is 0.273. The average Bonchev–Trinajstić information content (AvgIpc) is 3.25. The summed E-state index contributed by atoms with van der Waals surface area (Å²) in [4.78, 5) is 8.35. The van der Waals surface area contributed by atoms with Crippen LogP contribution in [-0.4, -0.2) is 36.2 Å². The zero-order chi connectivity index (χ0) is 20.5. The van der Waals surface area contributed by atoms with Crippen molar-refractivity contribution in [3.05, 3.63) is 82.9 Å². The highest BCUT2D eigenvalue weighted by atomic mass is 35.5. The third kappa shape index (κ3) is 6.26. The molecule has 0 aliphatic carbocycles. The number of aliphatic imine (C=N–C) groups is 1. The summed E-state index contributed by atoms with van der Waals surface area (Å²) in [5, 5.41) is 7.38. The number of methoxy groups -OCH3 is 1. The predicted molar refractivity (Wildman–Crippen MR) is 118 cm³/mol. The molecular weight excluding hydrogens is 386 g/mol. The zero-order valence-corrected chi connectivity index (χ0v) is 17.5. The van der Waals surface area contributed by atoms with Crippen molar-refractivity contribution in [2.24, 2.45) is 4.99 Å². The first kappa shape index (κ1) is 20.7. The highest BCUT2D eigenvalue weighted by molar-refractivity contribution is 6.31. The Balaban J connectivity index is 1.44. The number of benzene rings is 2. The van der Waals surface area contributed by atoms with E-state index in [0.29, 0.717) is 11.6 Å². The van der Waals surface area contributed by atoms with E-state index < -0.39 is 0 Å². The lowest BCUT2D eigenvalue weighted by molar-refractivity contribution is 0.414. The molecule has 0 atom stereocenters. The molecule has 152 valence electrons. The van der Waals surface area contributed by atoms with Gasteiger partial charge < -0.3 is 19.9 Å². The van der Waals surface area contributed by atoms with Gasteiger partial charge in [0.2, 0.25) is 0 Å². The number of halogens is 1. The smallest absolute Gasteiger partial charge is 0.191 e. The minimum Gasteiger partial charge on any atom is -0.497 e. The Morgan fingerprint density at radius 3 is 2.59 bits per heavy atom. The molecule has 3 aromatic rings. The van der Waals surface area contributed by atoms with E-state index >= 15 is 0 Å². The van der Waals surface area contributed by atoms with Gasteiger partial charge in [0, 0.05) is 44.1 Å². The second-order valence-electron chi connectivity index (χ2n) is 6.61. The van der Waals surface area contributed by atoms with Gasteiger partial charge >= 0.3 is 0 Å². The van der Waals surface area contributed by atoms with Gasteiger partial charge in [-0.1, -0.05) is 41.9 Å². The number of imidazole rings is 1. The highest BCUT2D eigenvalue weighted by Crippen LogP contribution is 2.22. The molecule has 0 unspecified atom stereocenters. The van der Waals surface area contributed by atoms with Gasteiger partial charge in [0.1, 0.15) is 5.75 Å². The van der Waals surface area contributed by atoms with Gasteiger partial charge in [-0.05, 0) is 35.2 Å². The second kappa shape index (κ2) is 10.5. The number of hydrogen-bond acceptors (Lipinski definition) is 3. The second-order valence-corrected chi connectivity index (χ2v) is 7.02. The van der Waals surface area contributed by atoms with Crippen molar-refractivity contribution in [3.8, 4) is 5.75 Å². The normalized spacial score (nSPS) is 11.3. The summed E-state index contributed by atoms with van der Waals surface area (Å²) in [5.74, 6) is 1.53. The molecule has 0 bridgehead atoms. The molecule has 29 heavy (non-hydrogen) atoms. The summed E-state index contributed by atoms with van der Waals surface area (Å²) < 4.78 is 7.23. The largest absolute Gasteiger partial charge is 0.497 e. The van der Waals surface area contributed by atoms with E-state index in [1.807, 2.05) is 35.3 Å². The van der Waals surface area contributed by atoms with Crippen molar-refractivity contribution >= 4 is 17.6 Å². The van der Waals surface area contributed by atoms with Crippen molar-refractivity contribution in [2.75, 3.05) is 20.7 Å². The average molecular weight is 412 g/mol. The summed E-state index contributed by atoms with van der Waals surface area (Å²) >= 11 is 6.30. The Hall–Kier alpha value is -2.99. The third-order valence-corrected chi connectivity index (χ3v) is 4.93. The molecule has 1 heterocycles. The van der Waals surface area contributed by atoms with Gasteiger partial charge in [-0.25, -0.2) is 4.98 Å². The van der Waals surface area contributed by atoms with E-state index in [1.54, 1.807) is 20.4 Å². The van der Waals surface area contributed by atoms with E-state index in [1.165, 1.54) is 11.1 Å². The van der Waals surface area contributed by atoms with Crippen molar-refractivity contribution < 1.29 is 4.74 Å². The number of nitrogens with zero attached hydrogens (tertiary/aromatic N) is 3. The van der Waals surface area contributed by atoms with E-state index in [9.17, 15) is 0 Å². The summed E-state index contributed by atoms with van der Waals surface area (Å²) in [6.07, 6.45) is 6.38. The maximum absolute atomic E-state index is 6.30. The first-order valence-electron chi connectivity index (χ1n) is 9.48. The molecule has 0 saturated carbocycles. The van der Waals surface area contributed by atoms with E-state index in [2.05, 4.69) is 44.9 Å². The molecule has 0 aliphatic heterocycles. The SMILES string of the molecule is CN=C(NCCc1ccc(OC)cc1Cl)NCc1ccc(Cn2ccnc2)cc1. The molecule has 0 amide bonds. The predicted octanol–water partition coefficient (Wildman–Crippen LogP) is 3.50. The van der Waals surface area contributed by atoms with Crippen molar-refractivity contribution in [3.63, 3.8) is 0 Å². The molecule has 7 heteroatoms. The molecule has 0 aliphatic rings. The van der Waals surface area contributed by atoms with Crippen LogP contribution in [0.5, 0.6) is 5.75 Å². The molecule has 0 spiro atoms. The molecule has 2 N–H and O–H groups in total. The lowest BCUT2D eigenvalue weighted by Gasteiger charge is -2.13. The van der Waals surface area contributed by atoms with Crippen LogP contribution in [0.25, 0.3) is 0 Å². The van der Waals surface area contributed by atoms with Crippen LogP contribution in [-0.2, 0) is 19.5 Å². The van der Waals surface area contributed by atoms with Crippen molar-refractivity contribution in [2.45, 2.75) is 19.5 Å². The van der Waals surface area contributed by atoms with Gasteiger partial charge in [0.05, 0.1) is 13.4 Å². The number of rotatable bonds is 8. The van der Waals surface area contributed by atoms with Crippen LogP contribution >= 0.6 is 11.6 Å². The molecule has 1 aromatic heterocycles. The molecule has 0 radical (unpaired) electrons. The summed E-state index contributed by atoms with van der Waals surface area (Å²) in [5.41, 5.74) is 3.51. The number of guanidine groups is 1. The molecule has 3 rings (SSSR count). The Labute approximate surface area is 176 Å². The van der Waals surface area contributed by atoms with E-state index in [0.717, 1.165) is 36.8 Å². The third-order valence-electron chi connectivity index (χ3n) is 4.58. The van der Waals surface area contributed by atoms with Crippen molar-refractivity contribution in [1.29, 1.82) is 0 Å². The Morgan fingerprint density at radius 1 is 1.14 bits per heavy atom. The van der Waals surface area contributed by atoms with Crippen molar-refractivity contribution in [1.82, 2.24) is 20.2 Å². The Morgan fingerprint density at radius 2 is 1.93 bits per heavy atom. The number of ether oxygens (including phenoxy) is 1. The summed E-state index contributed by atoms with van der Waals surface area (Å²) in [6, 6.07) is 14.3. The topological polar surface area (TPSA) is 63.5 Å². The monoisotopic (exact) mass is 411 g/mol. The van der Waals surface area contributed by atoms with Gasteiger partial charge in [0.15, 0.2) is 5.96 Å². The first-order chi connectivity index (χ1) is 14.2. The molecule has 0 saturated heterocycles. The summed E-state index contributed by atoms with van der Waals surface area (Å²) in [6.45, 7) is 2.26. The quantitative estimate of drug-likeness (QED) is 0.440. The van der Waals surface area contributed by atoms with Gasteiger partial charge in [-0.2, -0.15) is 0 Å². The van der Waals surface area contributed by atoms with E-state index in [4.69, 9.17) is 16.3 Å². The highest BCUT2D eigenvalue weighted by Gasteiger charge is 2.04. The van der Waals surface area contributed by atoms with Gasteiger partial charge in [-0.15, -0.1) is 0 Å². The Bertz CT molecular complexity index is 923. The standard InChI is InChI=1S/C22H26ClN5O/c1-24-22(26-10-9-19-7-8-20(29-2)13-21(19)23)27-14-17-3-5-18(6-4-17)15-28-12-11-25-16-28/h3-8,11-13,16H,9-10,14-15H2,1-2H3,(H2,24,26,27). The van der Waals surface area contributed by atoms with Crippen LogP contribution in [0.15, 0.2) is 66.2 Å². The molecular formula is C22H26ClN5O. The number of aromatic nitrogens is 2. The van der Waals surface area contributed by atoms with Crippen LogP contribution < -0.4 is 15.4 Å². The first-order valence-corrected chi connectivity index (χ1v) is 9.86. The molecule has 6 nitrogen and oxygen atoms in total. The van der Waals surface area contributed by atoms with Gasteiger partial charge in [0.25, 0.3) is 0 Å². The minimum absolute atomic E-state index is 0.703. The number of nitrogens with one attached hydrogen (secondary N) is 2. The molecule has 0 fully saturated rings. The Kier molecular flexibility index (Phi) is 7.53. The lowest BCUT2D eigenvalue weighted by Crippen LogP contribution is -2.37. The van der Waals surface area contributed by atoms with E-state index in [-0.39, 0.29) is 0 Å². The molecule has 2 aromatic carbocycles. The summed E-state index contributed by atoms with van der Waals surface area (Å²) in [7, 11) is 3.40. The maximum Gasteiger partial charge on any atom is 0.191 e. The van der Waals surface area contributed by atoms with Crippen LogP contribution in [0.1, 0.15) is 16.7 Å².